The van der Waals surface area contributed by atoms with E-state index >= 15 is 0 Å². The summed E-state index contributed by atoms with van der Waals surface area (Å²) in [6.07, 6.45) is 1.44. The Morgan fingerprint density at radius 3 is 2.94 bits per heavy atom. The third-order valence-corrected chi connectivity index (χ3v) is 2.67. The highest BCUT2D eigenvalue weighted by Crippen LogP contribution is 2.21. The molecule has 0 aliphatic rings. The minimum atomic E-state index is -0.217. The van der Waals surface area contributed by atoms with Crippen molar-refractivity contribution in [3.8, 4) is 0 Å². The second-order valence-electron chi connectivity index (χ2n) is 3.98. The predicted octanol–water partition coefficient (Wildman–Crippen LogP) is 0.353. The summed E-state index contributed by atoms with van der Waals surface area (Å²) in [5.74, 6) is 0.406. The number of fused-ring (bicyclic) bond motifs is 1. The van der Waals surface area contributed by atoms with Crippen LogP contribution in [0.15, 0.2) is 33.7 Å². The van der Waals surface area contributed by atoms with E-state index in [1.54, 1.807) is 25.2 Å². The summed E-state index contributed by atoms with van der Waals surface area (Å²) in [4.78, 5) is 15.9. The van der Waals surface area contributed by atoms with Crippen molar-refractivity contribution in [2.45, 2.75) is 6.54 Å². The number of rotatable bonds is 2. The molecule has 0 saturated heterocycles. The van der Waals surface area contributed by atoms with Crippen LogP contribution >= 0.6 is 0 Å². The molecule has 2 aromatic heterocycles. The first-order valence-corrected chi connectivity index (χ1v) is 5.37. The fraction of sp³-hybridized carbons (Fsp3) is 0.182. The molecule has 7 nitrogen and oxygen atoms in total. The second-order valence-corrected chi connectivity index (χ2v) is 3.98. The first kappa shape index (κ1) is 10.6. The molecule has 2 N–H and O–H groups in total. The molecular weight excluding hydrogens is 234 g/mol. The van der Waals surface area contributed by atoms with Gasteiger partial charge >= 0.3 is 5.69 Å². The Kier molecular flexibility index (Phi) is 2.19. The van der Waals surface area contributed by atoms with E-state index in [-0.39, 0.29) is 12.2 Å². The number of hydrogen-bond donors (Lipinski definition) is 1. The van der Waals surface area contributed by atoms with E-state index in [0.29, 0.717) is 22.7 Å². The van der Waals surface area contributed by atoms with E-state index in [4.69, 9.17) is 10.2 Å². The van der Waals surface area contributed by atoms with Crippen LogP contribution in [0.3, 0.4) is 0 Å². The van der Waals surface area contributed by atoms with Gasteiger partial charge in [0.15, 0.2) is 5.58 Å². The largest absolute Gasteiger partial charge is 0.439 e. The lowest BCUT2D eigenvalue weighted by molar-refractivity contribution is 0.483. The lowest BCUT2D eigenvalue weighted by atomic mass is 10.3. The predicted molar refractivity (Wildman–Crippen MR) is 65.0 cm³/mol. The number of aromatic nitrogens is 4. The maximum atomic E-state index is 11.6. The Balaban J connectivity index is 2.03. The van der Waals surface area contributed by atoms with Gasteiger partial charge in [-0.05, 0) is 12.1 Å². The third kappa shape index (κ3) is 1.56. The Hall–Kier alpha value is -2.57. The van der Waals surface area contributed by atoms with Gasteiger partial charge in [0, 0.05) is 7.05 Å². The van der Waals surface area contributed by atoms with E-state index < -0.39 is 0 Å². The average molecular weight is 245 g/mol. The average Bonchev–Trinajstić information content (AvgIpc) is 2.89. The van der Waals surface area contributed by atoms with Gasteiger partial charge in [0.25, 0.3) is 0 Å². The standard InChI is InChI=1S/C11H11N5O2/c1-15-6-13-16(11(15)17)5-9-14-10-7(12)3-2-4-8(10)18-9/h2-4,6H,5,12H2,1H3. The lowest BCUT2D eigenvalue weighted by Gasteiger charge is -1.92. The highest BCUT2D eigenvalue weighted by Gasteiger charge is 2.10. The molecule has 0 unspecified atom stereocenters. The van der Waals surface area contributed by atoms with Crippen molar-refractivity contribution >= 4 is 16.8 Å². The Morgan fingerprint density at radius 1 is 1.44 bits per heavy atom. The van der Waals surface area contributed by atoms with Crippen molar-refractivity contribution in [2.24, 2.45) is 7.05 Å². The zero-order chi connectivity index (χ0) is 12.7. The molecule has 3 rings (SSSR count). The summed E-state index contributed by atoms with van der Waals surface area (Å²) < 4.78 is 8.18. The van der Waals surface area contributed by atoms with E-state index in [1.807, 2.05) is 0 Å². The molecule has 92 valence electrons. The van der Waals surface area contributed by atoms with Gasteiger partial charge in [0.1, 0.15) is 18.4 Å². The topological polar surface area (TPSA) is 91.9 Å². The quantitative estimate of drug-likeness (QED) is 0.658. The van der Waals surface area contributed by atoms with Gasteiger partial charge in [-0.3, -0.25) is 4.57 Å². The number of benzene rings is 1. The normalized spacial score (nSPS) is 11.2. The number of nitrogens with zero attached hydrogens (tertiary/aromatic N) is 4. The van der Waals surface area contributed by atoms with Crippen LogP contribution in [-0.4, -0.2) is 19.3 Å². The van der Waals surface area contributed by atoms with Crippen LogP contribution in [0.5, 0.6) is 0 Å². The number of hydrogen-bond acceptors (Lipinski definition) is 5. The van der Waals surface area contributed by atoms with Crippen LogP contribution < -0.4 is 11.4 Å². The molecular formula is C11H11N5O2. The zero-order valence-electron chi connectivity index (χ0n) is 9.70. The summed E-state index contributed by atoms with van der Waals surface area (Å²) in [6.45, 7) is 0.188. The monoisotopic (exact) mass is 245 g/mol. The van der Waals surface area contributed by atoms with Crippen LogP contribution in [0.25, 0.3) is 11.1 Å². The maximum absolute atomic E-state index is 11.6. The molecule has 0 radical (unpaired) electrons. The SMILES string of the molecule is Cn1cnn(Cc2nc3c(N)cccc3o2)c1=O. The van der Waals surface area contributed by atoms with Crippen LogP contribution in [0.1, 0.15) is 5.89 Å². The highest BCUT2D eigenvalue weighted by molar-refractivity contribution is 5.85. The molecule has 2 heterocycles. The summed E-state index contributed by atoms with van der Waals surface area (Å²) >= 11 is 0. The lowest BCUT2D eigenvalue weighted by Crippen LogP contribution is -2.23. The summed E-state index contributed by atoms with van der Waals surface area (Å²) in [7, 11) is 1.63. The zero-order valence-corrected chi connectivity index (χ0v) is 9.70. The number of nitrogen functional groups attached to an aromatic ring is 1. The molecule has 3 aromatic rings. The minimum absolute atomic E-state index is 0.188. The van der Waals surface area contributed by atoms with Crippen molar-refractivity contribution in [1.82, 2.24) is 19.3 Å². The summed E-state index contributed by atoms with van der Waals surface area (Å²) in [5, 5.41) is 3.94. The molecule has 0 fully saturated rings. The number of para-hydroxylation sites is 1. The number of aryl methyl sites for hydroxylation is 1. The molecule has 0 saturated carbocycles. The van der Waals surface area contributed by atoms with Crippen LogP contribution in [0.2, 0.25) is 0 Å². The molecule has 18 heavy (non-hydrogen) atoms. The van der Waals surface area contributed by atoms with Crippen LogP contribution in [0, 0.1) is 0 Å². The Morgan fingerprint density at radius 2 is 2.28 bits per heavy atom. The third-order valence-electron chi connectivity index (χ3n) is 2.67. The van der Waals surface area contributed by atoms with Gasteiger partial charge in [-0.1, -0.05) is 6.07 Å². The van der Waals surface area contributed by atoms with E-state index in [2.05, 4.69) is 10.1 Å². The van der Waals surface area contributed by atoms with Crippen LogP contribution in [0.4, 0.5) is 5.69 Å². The Labute approximate surface area is 101 Å². The van der Waals surface area contributed by atoms with Crippen molar-refractivity contribution in [1.29, 1.82) is 0 Å². The highest BCUT2D eigenvalue weighted by atomic mass is 16.3. The van der Waals surface area contributed by atoms with Crippen LogP contribution in [-0.2, 0) is 13.6 Å². The fourth-order valence-electron chi connectivity index (χ4n) is 1.74. The fourth-order valence-corrected chi connectivity index (χ4v) is 1.74. The molecule has 0 spiro atoms. The first-order chi connectivity index (χ1) is 8.65. The Bertz CT molecular complexity index is 767. The maximum Gasteiger partial charge on any atom is 0.345 e. The van der Waals surface area contributed by atoms with E-state index in [9.17, 15) is 4.79 Å². The van der Waals surface area contributed by atoms with Crippen molar-refractivity contribution < 1.29 is 4.42 Å². The van der Waals surface area contributed by atoms with E-state index in [1.165, 1.54) is 15.6 Å². The summed E-state index contributed by atoms with van der Waals surface area (Å²) in [5.41, 5.74) is 7.33. The van der Waals surface area contributed by atoms with Crippen molar-refractivity contribution in [2.75, 3.05) is 5.73 Å². The van der Waals surface area contributed by atoms with Gasteiger partial charge in [0.2, 0.25) is 5.89 Å². The molecule has 0 aliphatic carbocycles. The number of nitrogens with two attached hydrogens (primary N) is 1. The summed E-state index contributed by atoms with van der Waals surface area (Å²) in [6, 6.07) is 5.32. The molecule has 0 atom stereocenters. The van der Waals surface area contributed by atoms with Gasteiger partial charge in [-0.15, -0.1) is 0 Å². The van der Waals surface area contributed by atoms with Gasteiger partial charge in [0.05, 0.1) is 5.69 Å². The van der Waals surface area contributed by atoms with Gasteiger partial charge in [-0.2, -0.15) is 5.10 Å². The van der Waals surface area contributed by atoms with Gasteiger partial charge in [-0.25, -0.2) is 14.5 Å². The molecule has 0 bridgehead atoms. The second kappa shape index (κ2) is 3.73. The molecule has 0 amide bonds. The molecule has 1 aromatic carbocycles. The molecule has 0 aliphatic heterocycles. The first-order valence-electron chi connectivity index (χ1n) is 5.37. The van der Waals surface area contributed by atoms with E-state index in [0.717, 1.165) is 0 Å². The smallest absolute Gasteiger partial charge is 0.345 e. The van der Waals surface area contributed by atoms with Gasteiger partial charge < -0.3 is 10.2 Å². The number of anilines is 1. The number of oxazole rings is 1. The minimum Gasteiger partial charge on any atom is -0.439 e. The van der Waals surface area contributed by atoms with Crippen molar-refractivity contribution in [3.63, 3.8) is 0 Å². The van der Waals surface area contributed by atoms with Crippen molar-refractivity contribution in [3.05, 3.63) is 40.9 Å². The molecule has 7 heteroatoms.